The molecule has 1 aromatic rings. The number of halogens is 1. The Balaban J connectivity index is 2.64. The quantitative estimate of drug-likeness (QED) is 0.436. The van der Waals surface area contributed by atoms with Gasteiger partial charge in [0.15, 0.2) is 0 Å². The van der Waals surface area contributed by atoms with E-state index in [0.717, 1.165) is 0 Å². The van der Waals surface area contributed by atoms with Crippen molar-refractivity contribution < 1.29 is 14.7 Å². The lowest BCUT2D eigenvalue weighted by Gasteiger charge is -1.99. The Morgan fingerprint density at radius 2 is 2.00 bits per heavy atom. The maximum atomic E-state index is 10.6. The molecule has 0 unspecified atom stereocenters. The van der Waals surface area contributed by atoms with Crippen LogP contribution >= 0.6 is 11.6 Å². The lowest BCUT2D eigenvalue weighted by Crippen LogP contribution is -2.00. The lowest BCUT2D eigenvalue weighted by molar-refractivity contribution is -0.763. The summed E-state index contributed by atoms with van der Waals surface area (Å²) >= 11 is 5.20. The van der Waals surface area contributed by atoms with Gasteiger partial charge in [0.2, 0.25) is 0 Å². The highest BCUT2D eigenvalue weighted by Gasteiger charge is 2.02. The minimum atomic E-state index is -0.874. The van der Waals surface area contributed by atoms with Crippen LogP contribution in [0.25, 0.3) is 0 Å². The zero-order valence-corrected chi connectivity index (χ0v) is 7.73. The summed E-state index contributed by atoms with van der Waals surface area (Å²) in [7, 11) is 0. The summed E-state index contributed by atoms with van der Waals surface area (Å²) in [5.74, 6) is 0. The molecule has 74 valence electrons. The van der Waals surface area contributed by atoms with E-state index in [-0.39, 0.29) is 6.61 Å². The van der Waals surface area contributed by atoms with Crippen LogP contribution in [0.15, 0.2) is 24.3 Å². The first-order valence-electron chi connectivity index (χ1n) is 3.65. The summed E-state index contributed by atoms with van der Waals surface area (Å²) in [4.78, 5) is 24.6. The van der Waals surface area contributed by atoms with Gasteiger partial charge in [-0.1, -0.05) is 12.1 Å². The number of benzene rings is 1. The van der Waals surface area contributed by atoms with Gasteiger partial charge in [0, 0.05) is 5.56 Å². The van der Waals surface area contributed by atoms with Gasteiger partial charge in [0.05, 0.1) is 0 Å². The highest BCUT2D eigenvalue weighted by atomic mass is 35.5. The van der Waals surface area contributed by atoms with Crippen LogP contribution in [0.3, 0.4) is 0 Å². The third kappa shape index (κ3) is 3.02. The molecule has 0 atom stereocenters. The molecule has 14 heavy (non-hydrogen) atoms. The van der Waals surface area contributed by atoms with Crippen molar-refractivity contribution in [3.05, 3.63) is 45.5 Å². The minimum Gasteiger partial charge on any atom is -0.309 e. The Morgan fingerprint density at radius 1 is 1.43 bits per heavy atom. The molecule has 0 spiro atoms. The molecule has 0 aromatic heterocycles. The molecule has 5 nitrogen and oxygen atoms in total. The monoisotopic (exact) mass is 215 g/mol. The van der Waals surface area contributed by atoms with Crippen molar-refractivity contribution in [3.8, 4) is 0 Å². The fourth-order valence-corrected chi connectivity index (χ4v) is 0.985. The summed E-state index contributed by atoms with van der Waals surface area (Å²) in [6, 6.07) is 6.04. The van der Waals surface area contributed by atoms with E-state index in [1.54, 1.807) is 12.1 Å². The van der Waals surface area contributed by atoms with Gasteiger partial charge in [-0.25, -0.2) is 0 Å². The van der Waals surface area contributed by atoms with Crippen molar-refractivity contribution in [1.82, 2.24) is 0 Å². The van der Waals surface area contributed by atoms with Gasteiger partial charge in [-0.3, -0.25) is 4.79 Å². The molecule has 0 bridgehead atoms. The van der Waals surface area contributed by atoms with E-state index in [4.69, 9.17) is 11.6 Å². The van der Waals surface area contributed by atoms with Crippen molar-refractivity contribution in [1.29, 1.82) is 0 Å². The van der Waals surface area contributed by atoms with E-state index < -0.39 is 10.3 Å². The zero-order valence-electron chi connectivity index (χ0n) is 6.97. The molecule has 0 N–H and O–H groups in total. The number of nitrogens with zero attached hydrogens (tertiary/aromatic N) is 1. The molecule has 1 aromatic carbocycles. The van der Waals surface area contributed by atoms with Gasteiger partial charge in [-0.15, -0.1) is 10.1 Å². The van der Waals surface area contributed by atoms with Crippen molar-refractivity contribution in [2.75, 3.05) is 0 Å². The second-order valence-corrected chi connectivity index (χ2v) is 2.81. The third-order valence-electron chi connectivity index (χ3n) is 1.52. The van der Waals surface area contributed by atoms with Crippen molar-refractivity contribution in [3.63, 3.8) is 0 Å². The molecule has 0 heterocycles. The highest BCUT2D eigenvalue weighted by molar-refractivity contribution is 6.67. The molecule has 0 saturated heterocycles. The largest absolute Gasteiger partial charge is 0.309 e. The van der Waals surface area contributed by atoms with Crippen LogP contribution in [-0.4, -0.2) is 10.3 Å². The normalized spacial score (nSPS) is 9.50. The number of hydrogen-bond acceptors (Lipinski definition) is 4. The summed E-state index contributed by atoms with van der Waals surface area (Å²) in [6.45, 7) is -0.135. The van der Waals surface area contributed by atoms with Crippen LogP contribution in [0.5, 0.6) is 0 Å². The van der Waals surface area contributed by atoms with Gasteiger partial charge < -0.3 is 4.84 Å². The molecule has 0 radical (unpaired) electrons. The van der Waals surface area contributed by atoms with Gasteiger partial charge in [-0.05, 0) is 29.3 Å². The van der Waals surface area contributed by atoms with Gasteiger partial charge in [0.25, 0.3) is 10.3 Å². The summed E-state index contributed by atoms with van der Waals surface area (Å²) in [5, 5.41) is 8.42. The Bertz CT molecular complexity index is 349. The van der Waals surface area contributed by atoms with E-state index in [9.17, 15) is 14.9 Å². The van der Waals surface area contributed by atoms with Crippen LogP contribution in [0, 0.1) is 10.1 Å². The molecule has 0 saturated carbocycles. The molecule has 0 aliphatic heterocycles. The van der Waals surface area contributed by atoms with Crippen LogP contribution in [0.4, 0.5) is 0 Å². The lowest BCUT2D eigenvalue weighted by atomic mass is 10.2. The summed E-state index contributed by atoms with van der Waals surface area (Å²) < 4.78 is 0. The standard InChI is InChI=1S/C8H6ClNO4/c9-8(11)7-3-1-6(2-4-7)5-14-10(12)13/h1-4H,5H2. The molecule has 0 aliphatic rings. The van der Waals surface area contributed by atoms with Crippen molar-refractivity contribution in [2.24, 2.45) is 0 Å². The first kappa shape index (κ1) is 10.5. The molecular formula is C8H6ClNO4. The van der Waals surface area contributed by atoms with E-state index in [0.29, 0.717) is 11.1 Å². The van der Waals surface area contributed by atoms with E-state index in [1.807, 2.05) is 0 Å². The fourth-order valence-electron chi connectivity index (χ4n) is 0.859. The SMILES string of the molecule is O=C(Cl)c1ccc(CO[N+](=O)[O-])cc1. The minimum absolute atomic E-state index is 0.135. The second-order valence-electron chi connectivity index (χ2n) is 2.47. The van der Waals surface area contributed by atoms with Crippen LogP contribution in [-0.2, 0) is 11.4 Å². The number of rotatable bonds is 4. The first-order valence-corrected chi connectivity index (χ1v) is 4.03. The number of carbonyl (C=O) groups excluding carboxylic acids is 1. The van der Waals surface area contributed by atoms with Crippen LogP contribution in [0.2, 0.25) is 0 Å². The summed E-state index contributed by atoms with van der Waals surface area (Å²) in [5.41, 5.74) is 0.944. The fraction of sp³-hybridized carbons (Fsp3) is 0.125. The molecule has 0 fully saturated rings. The predicted molar refractivity (Wildman–Crippen MR) is 48.4 cm³/mol. The third-order valence-corrected chi connectivity index (χ3v) is 1.74. The van der Waals surface area contributed by atoms with Gasteiger partial charge in [0.1, 0.15) is 6.61 Å². The zero-order chi connectivity index (χ0) is 10.6. The van der Waals surface area contributed by atoms with Gasteiger partial charge >= 0.3 is 0 Å². The maximum absolute atomic E-state index is 10.6. The van der Waals surface area contributed by atoms with E-state index >= 15 is 0 Å². The first-order chi connectivity index (χ1) is 6.59. The summed E-state index contributed by atoms with van der Waals surface area (Å²) in [6.07, 6.45) is 0. The van der Waals surface area contributed by atoms with Crippen molar-refractivity contribution in [2.45, 2.75) is 6.61 Å². The topological polar surface area (TPSA) is 69.4 Å². The number of hydrogen-bond donors (Lipinski definition) is 0. The Morgan fingerprint density at radius 3 is 2.43 bits per heavy atom. The smallest absolute Gasteiger partial charge is 0.294 e. The Kier molecular flexibility index (Phi) is 3.41. The van der Waals surface area contributed by atoms with Crippen LogP contribution < -0.4 is 0 Å². The van der Waals surface area contributed by atoms with E-state index in [1.165, 1.54) is 12.1 Å². The molecule has 1 rings (SSSR count). The predicted octanol–water partition coefficient (Wildman–Crippen LogP) is 1.77. The molecule has 0 aliphatic carbocycles. The van der Waals surface area contributed by atoms with Crippen LogP contribution in [0.1, 0.15) is 15.9 Å². The Labute approximate surface area is 84.3 Å². The maximum Gasteiger partial charge on any atom is 0.294 e. The highest BCUT2D eigenvalue weighted by Crippen LogP contribution is 2.07. The Hall–Kier alpha value is -1.62. The molecule has 0 amide bonds. The number of carbonyl (C=O) groups is 1. The average Bonchev–Trinajstić information content (AvgIpc) is 2.15. The molecule has 6 heteroatoms. The second kappa shape index (κ2) is 4.57. The van der Waals surface area contributed by atoms with Crippen molar-refractivity contribution >= 4 is 16.8 Å². The molecular weight excluding hydrogens is 210 g/mol. The van der Waals surface area contributed by atoms with E-state index in [2.05, 4.69) is 4.84 Å². The van der Waals surface area contributed by atoms with Gasteiger partial charge in [-0.2, -0.15) is 0 Å². The average molecular weight is 216 g/mol.